The fourth-order valence-corrected chi connectivity index (χ4v) is 4.02. The molecule has 4 aromatic rings. The summed E-state index contributed by atoms with van der Waals surface area (Å²) in [5.74, 6) is 2.00. The van der Waals surface area contributed by atoms with E-state index in [-0.39, 0.29) is 31.5 Å². The number of aromatic nitrogens is 1. The molecule has 8 nitrogen and oxygen atoms in total. The van der Waals surface area contributed by atoms with Gasteiger partial charge in [0.15, 0.2) is 11.5 Å². The van der Waals surface area contributed by atoms with Crippen LogP contribution in [0.25, 0.3) is 10.9 Å². The van der Waals surface area contributed by atoms with Crippen molar-refractivity contribution in [1.29, 1.82) is 0 Å². The number of urea groups is 1. The van der Waals surface area contributed by atoms with Gasteiger partial charge in [-0.3, -0.25) is 4.79 Å². The zero-order chi connectivity index (χ0) is 24.4. The Hall–Kier alpha value is -4.46. The largest absolute Gasteiger partial charge is 0.497 e. The van der Waals surface area contributed by atoms with E-state index in [1.807, 2.05) is 49.4 Å². The predicted octanol–water partition coefficient (Wildman–Crippen LogP) is 4.81. The highest BCUT2D eigenvalue weighted by Crippen LogP contribution is 2.33. The van der Waals surface area contributed by atoms with Crippen molar-refractivity contribution in [2.24, 2.45) is 0 Å². The molecule has 1 aromatic heterocycles. The van der Waals surface area contributed by atoms with Crippen LogP contribution in [0.1, 0.15) is 16.7 Å². The number of nitrogens with zero attached hydrogens (tertiary/aromatic N) is 1. The van der Waals surface area contributed by atoms with Crippen LogP contribution in [-0.2, 0) is 13.1 Å². The third kappa shape index (κ3) is 4.91. The molecule has 1 aliphatic rings. The molecule has 0 fully saturated rings. The Labute approximate surface area is 202 Å². The van der Waals surface area contributed by atoms with Crippen LogP contribution in [0.2, 0.25) is 0 Å². The second-order valence-corrected chi connectivity index (χ2v) is 8.42. The van der Waals surface area contributed by atoms with Gasteiger partial charge in [0.1, 0.15) is 5.75 Å². The van der Waals surface area contributed by atoms with Gasteiger partial charge in [0, 0.05) is 23.3 Å². The first-order chi connectivity index (χ1) is 17.0. The zero-order valence-electron chi connectivity index (χ0n) is 19.5. The SMILES string of the molecule is COc1ccc(NC(=O)N(Cc2ccc3c(c2)OCO3)Cc2cc3ccc(C)cc3[nH]c2=O)cc1. The van der Waals surface area contributed by atoms with E-state index in [9.17, 15) is 9.59 Å². The van der Waals surface area contributed by atoms with E-state index in [0.717, 1.165) is 22.0 Å². The topological polar surface area (TPSA) is 92.9 Å². The van der Waals surface area contributed by atoms with Crippen LogP contribution < -0.4 is 25.1 Å². The Morgan fingerprint density at radius 2 is 1.80 bits per heavy atom. The van der Waals surface area contributed by atoms with Gasteiger partial charge in [-0.1, -0.05) is 18.2 Å². The smallest absolute Gasteiger partial charge is 0.322 e. The van der Waals surface area contributed by atoms with Gasteiger partial charge in [-0.05, 0) is 72.0 Å². The lowest BCUT2D eigenvalue weighted by atomic mass is 10.1. The summed E-state index contributed by atoms with van der Waals surface area (Å²) < 4.78 is 16.1. The molecule has 5 rings (SSSR count). The molecule has 35 heavy (non-hydrogen) atoms. The molecule has 0 spiro atoms. The molecule has 0 saturated heterocycles. The zero-order valence-corrected chi connectivity index (χ0v) is 19.5. The average molecular weight is 472 g/mol. The number of amides is 2. The third-order valence-electron chi connectivity index (χ3n) is 5.88. The maximum Gasteiger partial charge on any atom is 0.322 e. The van der Waals surface area contributed by atoms with E-state index in [0.29, 0.717) is 28.5 Å². The number of aromatic amines is 1. The summed E-state index contributed by atoms with van der Waals surface area (Å²) in [7, 11) is 1.59. The van der Waals surface area contributed by atoms with Crippen LogP contribution in [-0.4, -0.2) is 29.8 Å². The number of fused-ring (bicyclic) bond motifs is 2. The minimum atomic E-state index is -0.337. The Morgan fingerprint density at radius 1 is 1.00 bits per heavy atom. The Bertz CT molecular complexity index is 1450. The molecule has 178 valence electrons. The number of anilines is 1. The molecular weight excluding hydrogens is 446 g/mol. The lowest BCUT2D eigenvalue weighted by Gasteiger charge is -2.23. The summed E-state index contributed by atoms with van der Waals surface area (Å²) in [4.78, 5) is 30.7. The molecule has 2 heterocycles. The van der Waals surface area contributed by atoms with E-state index in [4.69, 9.17) is 14.2 Å². The summed E-state index contributed by atoms with van der Waals surface area (Å²) in [5.41, 5.74) is 3.57. The number of rotatable bonds is 6. The fraction of sp³-hybridized carbons (Fsp3) is 0.185. The van der Waals surface area contributed by atoms with Gasteiger partial charge in [0.2, 0.25) is 6.79 Å². The second kappa shape index (κ2) is 9.42. The number of nitrogens with one attached hydrogen (secondary N) is 2. The lowest BCUT2D eigenvalue weighted by molar-refractivity contribution is 0.174. The molecule has 0 saturated carbocycles. The van der Waals surface area contributed by atoms with Crippen molar-refractivity contribution >= 4 is 22.6 Å². The molecule has 8 heteroatoms. The number of H-pyrrole nitrogens is 1. The maximum absolute atomic E-state index is 13.3. The quantitative estimate of drug-likeness (QED) is 0.421. The van der Waals surface area contributed by atoms with Gasteiger partial charge in [-0.25, -0.2) is 4.79 Å². The maximum atomic E-state index is 13.3. The van der Waals surface area contributed by atoms with Crippen LogP contribution >= 0.6 is 0 Å². The van der Waals surface area contributed by atoms with Crippen LogP contribution in [0.4, 0.5) is 10.5 Å². The number of benzene rings is 3. The van der Waals surface area contributed by atoms with E-state index in [1.165, 1.54) is 0 Å². The van der Waals surface area contributed by atoms with Crippen molar-refractivity contribution in [3.05, 3.63) is 93.8 Å². The monoisotopic (exact) mass is 471 g/mol. The number of pyridine rings is 1. The molecule has 1 aliphatic heterocycles. The minimum absolute atomic E-state index is 0.121. The van der Waals surface area contributed by atoms with Crippen LogP contribution in [0.15, 0.2) is 71.5 Å². The Morgan fingerprint density at radius 3 is 2.60 bits per heavy atom. The average Bonchev–Trinajstić information content (AvgIpc) is 3.32. The number of hydrogen-bond acceptors (Lipinski definition) is 5. The minimum Gasteiger partial charge on any atom is -0.497 e. The second-order valence-electron chi connectivity index (χ2n) is 8.42. The molecule has 0 atom stereocenters. The van der Waals surface area contributed by atoms with E-state index in [2.05, 4.69) is 10.3 Å². The van der Waals surface area contributed by atoms with Gasteiger partial charge < -0.3 is 29.4 Å². The van der Waals surface area contributed by atoms with Crippen molar-refractivity contribution in [3.63, 3.8) is 0 Å². The molecule has 0 radical (unpaired) electrons. The van der Waals surface area contributed by atoms with Gasteiger partial charge in [-0.2, -0.15) is 0 Å². The number of aryl methyl sites for hydroxylation is 1. The summed E-state index contributed by atoms with van der Waals surface area (Å²) in [6, 6.07) is 20.0. The summed E-state index contributed by atoms with van der Waals surface area (Å²) in [6.07, 6.45) is 0. The first-order valence-corrected chi connectivity index (χ1v) is 11.2. The third-order valence-corrected chi connectivity index (χ3v) is 5.88. The van der Waals surface area contributed by atoms with E-state index >= 15 is 0 Å². The standard InChI is InChI=1S/C27H25N3O5/c1-17-3-5-19-13-20(26(31)29-23(19)11-17)15-30(14-18-4-10-24-25(12-18)35-16-34-24)27(32)28-21-6-8-22(33-2)9-7-21/h3-13H,14-16H2,1-2H3,(H,28,32)(H,29,31). The van der Waals surface area contributed by atoms with Crippen molar-refractivity contribution in [1.82, 2.24) is 9.88 Å². The molecular formula is C27H25N3O5. The molecule has 2 amide bonds. The highest BCUT2D eigenvalue weighted by atomic mass is 16.7. The number of ether oxygens (including phenoxy) is 3. The molecule has 3 aromatic carbocycles. The summed E-state index contributed by atoms with van der Waals surface area (Å²) >= 11 is 0. The summed E-state index contributed by atoms with van der Waals surface area (Å²) in [5, 5.41) is 3.82. The predicted molar refractivity (Wildman–Crippen MR) is 133 cm³/mol. The first kappa shape index (κ1) is 22.3. The number of carbonyl (C=O) groups excluding carboxylic acids is 1. The Kier molecular flexibility index (Phi) is 6.01. The highest BCUT2D eigenvalue weighted by molar-refractivity contribution is 5.89. The van der Waals surface area contributed by atoms with Crippen molar-refractivity contribution in [3.8, 4) is 17.2 Å². The normalized spacial score (nSPS) is 11.9. The number of methoxy groups -OCH3 is 1. The van der Waals surface area contributed by atoms with E-state index < -0.39 is 0 Å². The molecule has 0 aliphatic carbocycles. The van der Waals surface area contributed by atoms with Crippen molar-refractivity contribution < 1.29 is 19.0 Å². The van der Waals surface area contributed by atoms with E-state index in [1.54, 1.807) is 36.3 Å². The van der Waals surface area contributed by atoms with Gasteiger partial charge in [0.05, 0.1) is 13.7 Å². The van der Waals surface area contributed by atoms with Gasteiger partial charge in [0.25, 0.3) is 5.56 Å². The van der Waals surface area contributed by atoms with Gasteiger partial charge >= 0.3 is 6.03 Å². The highest BCUT2D eigenvalue weighted by Gasteiger charge is 2.20. The van der Waals surface area contributed by atoms with Crippen molar-refractivity contribution in [2.45, 2.75) is 20.0 Å². The number of carbonyl (C=O) groups is 1. The first-order valence-electron chi connectivity index (χ1n) is 11.2. The fourth-order valence-electron chi connectivity index (χ4n) is 4.02. The van der Waals surface area contributed by atoms with Crippen LogP contribution in [0.5, 0.6) is 17.2 Å². The molecule has 0 bridgehead atoms. The van der Waals surface area contributed by atoms with Crippen LogP contribution in [0, 0.1) is 6.92 Å². The van der Waals surface area contributed by atoms with Gasteiger partial charge in [-0.15, -0.1) is 0 Å². The molecule has 0 unspecified atom stereocenters. The molecule has 2 N–H and O–H groups in total. The summed E-state index contributed by atoms with van der Waals surface area (Å²) in [6.45, 7) is 2.54. The Balaban J connectivity index is 1.44. The number of hydrogen-bond donors (Lipinski definition) is 2. The lowest BCUT2D eigenvalue weighted by Crippen LogP contribution is -2.35. The van der Waals surface area contributed by atoms with Crippen molar-refractivity contribution in [2.75, 3.05) is 19.2 Å². The van der Waals surface area contributed by atoms with Crippen LogP contribution in [0.3, 0.4) is 0 Å².